The zero-order valence-corrected chi connectivity index (χ0v) is 49.3. The van der Waals surface area contributed by atoms with E-state index in [4.69, 9.17) is 14.0 Å². The number of rotatable bonds is 66. The van der Waals surface area contributed by atoms with Crippen LogP contribution in [0, 0.1) is 0 Å². The van der Waals surface area contributed by atoms with Crippen molar-refractivity contribution in [2.75, 3.05) is 19.8 Å². The highest BCUT2D eigenvalue weighted by molar-refractivity contribution is 6.36. The van der Waals surface area contributed by atoms with E-state index in [-0.39, 0.29) is 0 Å². The van der Waals surface area contributed by atoms with E-state index in [0.29, 0.717) is 0 Å². The van der Waals surface area contributed by atoms with E-state index in [1.807, 2.05) is 0 Å². The number of hydrogen-bond donors (Lipinski definition) is 0. The van der Waals surface area contributed by atoms with Gasteiger partial charge in [-0.1, -0.05) is 387 Å². The summed E-state index contributed by atoms with van der Waals surface area (Å²) in [7, 11) is -0.471. The Bertz CT molecular complexity index is 759. The van der Waals surface area contributed by atoms with Crippen LogP contribution in [0.2, 0.25) is 0 Å². The van der Waals surface area contributed by atoms with E-state index < -0.39 is 7.32 Å². The number of unbranched alkanes of at least 4 members (excludes halogenated alkanes) is 57. The summed E-state index contributed by atoms with van der Waals surface area (Å²) >= 11 is 0. The Hall–Kier alpha value is -0.0551. The molecular formula is C66H135BO3. The average molecular weight is 988 g/mol. The molecule has 420 valence electrons. The van der Waals surface area contributed by atoms with Crippen molar-refractivity contribution in [2.45, 2.75) is 406 Å². The molecule has 0 aromatic carbocycles. The van der Waals surface area contributed by atoms with Gasteiger partial charge in [0.05, 0.1) is 0 Å². The first-order valence-corrected chi connectivity index (χ1v) is 33.7. The third-order valence-corrected chi connectivity index (χ3v) is 15.8. The molecule has 0 saturated carbocycles. The maximum absolute atomic E-state index is 6.22. The van der Waals surface area contributed by atoms with Crippen molar-refractivity contribution in [1.82, 2.24) is 0 Å². The second-order valence-electron chi connectivity index (χ2n) is 23.1. The SMILES string of the molecule is CCCCCCCCCCCCCCCCCCCCCCOB(OCCCCCCCCCCCCCCCCCCCCCC)OCCCCCCCCCCCCCCCCCCCCCC. The summed E-state index contributed by atoms with van der Waals surface area (Å²) < 4.78 is 18.7. The van der Waals surface area contributed by atoms with Gasteiger partial charge in [-0.2, -0.15) is 0 Å². The molecule has 4 heteroatoms. The molecule has 0 spiro atoms. The first-order valence-electron chi connectivity index (χ1n) is 33.7. The summed E-state index contributed by atoms with van der Waals surface area (Å²) in [6.45, 7) is 9.23. The molecule has 0 amide bonds. The third kappa shape index (κ3) is 64.1. The molecule has 0 aliphatic carbocycles. The van der Waals surface area contributed by atoms with Crippen LogP contribution in [0.5, 0.6) is 0 Å². The van der Waals surface area contributed by atoms with Crippen molar-refractivity contribution in [2.24, 2.45) is 0 Å². The van der Waals surface area contributed by atoms with Crippen LogP contribution in [-0.2, 0) is 14.0 Å². The van der Waals surface area contributed by atoms with Crippen molar-refractivity contribution in [3.8, 4) is 0 Å². The lowest BCUT2D eigenvalue weighted by Gasteiger charge is -2.15. The Morgan fingerprint density at radius 2 is 0.243 bits per heavy atom. The summed E-state index contributed by atoms with van der Waals surface area (Å²) in [6, 6.07) is 0. The Labute approximate surface area is 445 Å². The molecule has 70 heavy (non-hydrogen) atoms. The van der Waals surface area contributed by atoms with Gasteiger partial charge in [0.2, 0.25) is 0 Å². The largest absolute Gasteiger partial charge is 0.639 e. The van der Waals surface area contributed by atoms with Crippen molar-refractivity contribution in [3.63, 3.8) is 0 Å². The van der Waals surface area contributed by atoms with E-state index in [0.717, 1.165) is 39.1 Å². The fourth-order valence-electron chi connectivity index (χ4n) is 10.8. The van der Waals surface area contributed by atoms with Gasteiger partial charge in [-0.05, 0) is 19.3 Å². The fourth-order valence-corrected chi connectivity index (χ4v) is 10.8. The smallest absolute Gasteiger partial charge is 0.386 e. The Morgan fingerprint density at radius 3 is 0.357 bits per heavy atom. The van der Waals surface area contributed by atoms with E-state index in [1.54, 1.807) is 0 Å². The second-order valence-corrected chi connectivity index (χ2v) is 23.1. The molecule has 0 aromatic rings. The molecular weight excluding hydrogens is 852 g/mol. The van der Waals surface area contributed by atoms with Crippen LogP contribution in [0.15, 0.2) is 0 Å². The minimum absolute atomic E-state index is 0.471. The Morgan fingerprint density at radius 1 is 0.143 bits per heavy atom. The maximum atomic E-state index is 6.22. The van der Waals surface area contributed by atoms with Crippen molar-refractivity contribution < 1.29 is 14.0 Å². The molecule has 0 atom stereocenters. The van der Waals surface area contributed by atoms with E-state index in [1.165, 1.54) is 366 Å². The van der Waals surface area contributed by atoms with Crippen LogP contribution >= 0.6 is 0 Å². The highest BCUT2D eigenvalue weighted by Crippen LogP contribution is 2.19. The quantitative estimate of drug-likeness (QED) is 0.0449. The van der Waals surface area contributed by atoms with Gasteiger partial charge in [-0.3, -0.25) is 0 Å². The lowest BCUT2D eigenvalue weighted by atomic mass is 10.0. The van der Waals surface area contributed by atoms with Gasteiger partial charge >= 0.3 is 7.32 Å². The summed E-state index contributed by atoms with van der Waals surface area (Å²) in [5, 5.41) is 0. The van der Waals surface area contributed by atoms with Gasteiger partial charge in [-0.15, -0.1) is 0 Å². The molecule has 0 unspecified atom stereocenters. The van der Waals surface area contributed by atoms with Gasteiger partial charge in [0.1, 0.15) is 0 Å². The van der Waals surface area contributed by atoms with Crippen LogP contribution < -0.4 is 0 Å². The predicted octanol–water partition coefficient (Wildman–Crippen LogP) is 24.5. The summed E-state index contributed by atoms with van der Waals surface area (Å²) in [5.74, 6) is 0. The molecule has 0 rings (SSSR count). The predicted molar refractivity (Wildman–Crippen MR) is 318 cm³/mol. The van der Waals surface area contributed by atoms with E-state index in [9.17, 15) is 0 Å². The van der Waals surface area contributed by atoms with Gasteiger partial charge in [0.15, 0.2) is 0 Å². The van der Waals surface area contributed by atoms with E-state index in [2.05, 4.69) is 20.8 Å². The number of hydrogen-bond acceptors (Lipinski definition) is 3. The molecule has 0 aromatic heterocycles. The minimum Gasteiger partial charge on any atom is -0.386 e. The zero-order valence-electron chi connectivity index (χ0n) is 49.3. The zero-order chi connectivity index (χ0) is 50.2. The lowest BCUT2D eigenvalue weighted by molar-refractivity contribution is 0.0885. The van der Waals surface area contributed by atoms with Crippen LogP contribution in [-0.4, -0.2) is 27.1 Å². The van der Waals surface area contributed by atoms with Crippen LogP contribution in [0.4, 0.5) is 0 Å². The van der Waals surface area contributed by atoms with Gasteiger partial charge in [-0.25, -0.2) is 0 Å². The van der Waals surface area contributed by atoms with Crippen molar-refractivity contribution in [3.05, 3.63) is 0 Å². The standard InChI is InChI=1S/C66H135BO3/c1-4-7-10-13-16-19-22-25-28-31-34-37-40-43-46-49-52-55-58-61-64-68-67(69-65-62-59-56-53-50-47-44-41-38-35-32-29-26-23-20-17-14-11-8-5-2)70-66-63-60-57-54-51-48-45-42-39-36-33-30-27-24-21-18-15-12-9-6-3/h4-66H2,1-3H3. The van der Waals surface area contributed by atoms with Crippen LogP contribution in [0.1, 0.15) is 406 Å². The summed E-state index contributed by atoms with van der Waals surface area (Å²) in [4.78, 5) is 0. The van der Waals surface area contributed by atoms with Crippen molar-refractivity contribution >= 4 is 7.32 Å². The highest BCUT2D eigenvalue weighted by atomic mass is 16.7. The lowest BCUT2D eigenvalue weighted by Crippen LogP contribution is -2.28. The summed E-state index contributed by atoms with van der Waals surface area (Å²) in [5.41, 5.74) is 0. The van der Waals surface area contributed by atoms with E-state index >= 15 is 0 Å². The van der Waals surface area contributed by atoms with Crippen LogP contribution in [0.3, 0.4) is 0 Å². The monoisotopic (exact) mass is 987 g/mol. The summed E-state index contributed by atoms with van der Waals surface area (Å²) in [6.07, 6.45) is 84.9. The molecule has 0 N–H and O–H groups in total. The molecule has 0 saturated heterocycles. The first-order chi connectivity index (χ1) is 34.8. The van der Waals surface area contributed by atoms with Crippen molar-refractivity contribution in [1.29, 1.82) is 0 Å². The molecule has 0 radical (unpaired) electrons. The Kier molecular flexibility index (Phi) is 66.9. The second kappa shape index (κ2) is 67.0. The third-order valence-electron chi connectivity index (χ3n) is 15.8. The molecule has 0 aliphatic heterocycles. The van der Waals surface area contributed by atoms with Gasteiger partial charge < -0.3 is 14.0 Å². The fraction of sp³-hybridized carbons (Fsp3) is 1.00. The van der Waals surface area contributed by atoms with Gasteiger partial charge in [0, 0.05) is 19.8 Å². The normalized spacial score (nSPS) is 11.7. The highest BCUT2D eigenvalue weighted by Gasteiger charge is 2.20. The van der Waals surface area contributed by atoms with Crippen LogP contribution in [0.25, 0.3) is 0 Å². The maximum Gasteiger partial charge on any atom is 0.639 e. The average Bonchev–Trinajstić information content (AvgIpc) is 3.37. The first kappa shape index (κ1) is 69.9. The topological polar surface area (TPSA) is 27.7 Å². The molecule has 0 fully saturated rings. The van der Waals surface area contributed by atoms with Gasteiger partial charge in [0.25, 0.3) is 0 Å². The molecule has 3 nitrogen and oxygen atoms in total. The minimum atomic E-state index is -0.471. The molecule has 0 heterocycles. The Balaban J connectivity index is 3.98. The molecule has 0 aliphatic rings. The molecule has 0 bridgehead atoms.